The average Bonchev–Trinajstić information content (AvgIpc) is 3.44. The van der Waals surface area contributed by atoms with Crippen LogP contribution in [0.1, 0.15) is 33.6 Å². The van der Waals surface area contributed by atoms with Crippen molar-refractivity contribution in [2.45, 2.75) is 29.7 Å². The molecule has 0 bridgehead atoms. The predicted molar refractivity (Wildman–Crippen MR) is 175 cm³/mol. The van der Waals surface area contributed by atoms with Crippen molar-refractivity contribution in [3.05, 3.63) is 107 Å². The quantitative estimate of drug-likeness (QED) is 0.181. The Morgan fingerprint density at radius 1 is 0.932 bits per heavy atom. The first-order valence-electron chi connectivity index (χ1n) is 13.5. The van der Waals surface area contributed by atoms with Gasteiger partial charge in [0, 0.05) is 25.4 Å². The van der Waals surface area contributed by atoms with E-state index < -0.39 is 29.0 Å². The molecule has 1 saturated heterocycles. The Hall–Kier alpha value is -3.52. The van der Waals surface area contributed by atoms with Crippen LogP contribution in [0.3, 0.4) is 0 Å². The Morgan fingerprint density at radius 3 is 2.34 bits per heavy atom. The molecular formula is C31H23Br2N3O6S2. The van der Waals surface area contributed by atoms with E-state index in [4.69, 9.17) is 4.74 Å². The standard InChI is InChI=1S/C31H23Br2N3O6S2/c1-2-42-30(40)16-6-10-20(11-7-16)34-22(37)15-35-29-26(44-31(35)41)23(17-4-3-5-19(33)14-17)24-25(43-29)28(39)36(27(24)38)21-12-8-18(32)9-13-21/h3-14,23-25H,2,15H2,1H3,(H,34,37)/t23-,24-,25+/m0/s1. The van der Waals surface area contributed by atoms with Gasteiger partial charge in [-0.15, -0.1) is 0 Å². The van der Waals surface area contributed by atoms with Gasteiger partial charge in [-0.3, -0.25) is 23.7 Å². The number of imide groups is 1. The maximum absolute atomic E-state index is 14.0. The SMILES string of the molecule is CCOC(=O)c1ccc(NC(=O)Cn2c3c(sc2=O)[C@@H](c2cccc(Br)c2)[C@@H]2C(=O)N(c4ccc(Br)cc4)C(=O)[C@@H]2S3)cc1. The van der Waals surface area contributed by atoms with E-state index >= 15 is 0 Å². The molecule has 0 aliphatic carbocycles. The molecule has 3 atom stereocenters. The highest BCUT2D eigenvalue weighted by Gasteiger charge is 2.56. The molecular weight excluding hydrogens is 734 g/mol. The van der Waals surface area contributed by atoms with Crippen LogP contribution in [0.25, 0.3) is 0 Å². The maximum atomic E-state index is 14.0. The normalized spacial score (nSPS) is 19.0. The third-order valence-electron chi connectivity index (χ3n) is 7.32. The van der Waals surface area contributed by atoms with Crippen molar-refractivity contribution in [2.24, 2.45) is 5.92 Å². The summed E-state index contributed by atoms with van der Waals surface area (Å²) < 4.78 is 7.98. The second-order valence-electron chi connectivity index (χ2n) is 10.1. The Morgan fingerprint density at radius 2 is 1.66 bits per heavy atom. The topological polar surface area (TPSA) is 115 Å². The molecule has 3 aromatic carbocycles. The molecule has 13 heteroatoms. The van der Waals surface area contributed by atoms with Crippen LogP contribution < -0.4 is 15.1 Å². The summed E-state index contributed by atoms with van der Waals surface area (Å²) in [7, 11) is 0. The fourth-order valence-electron chi connectivity index (χ4n) is 5.41. The van der Waals surface area contributed by atoms with E-state index in [1.54, 1.807) is 55.5 Å². The maximum Gasteiger partial charge on any atom is 0.338 e. The molecule has 0 spiro atoms. The van der Waals surface area contributed by atoms with Crippen LogP contribution in [0, 0.1) is 5.92 Å². The number of esters is 1. The fraction of sp³-hybridized carbons (Fsp3) is 0.194. The number of halogens is 2. The van der Waals surface area contributed by atoms with Crippen LogP contribution in [0.2, 0.25) is 0 Å². The summed E-state index contributed by atoms with van der Waals surface area (Å²) in [5.74, 6) is -2.92. The van der Waals surface area contributed by atoms with Crippen molar-refractivity contribution in [1.82, 2.24) is 4.57 Å². The van der Waals surface area contributed by atoms with Gasteiger partial charge >= 0.3 is 10.8 Å². The van der Waals surface area contributed by atoms with Gasteiger partial charge in [0.05, 0.1) is 28.8 Å². The van der Waals surface area contributed by atoms with Crippen molar-refractivity contribution >= 4 is 90.0 Å². The van der Waals surface area contributed by atoms with Crippen molar-refractivity contribution in [3.63, 3.8) is 0 Å². The number of thioether (sulfide) groups is 1. The number of hydrogen-bond acceptors (Lipinski definition) is 8. The molecule has 4 aromatic rings. The van der Waals surface area contributed by atoms with Crippen molar-refractivity contribution < 1.29 is 23.9 Å². The van der Waals surface area contributed by atoms with Gasteiger partial charge in [0.15, 0.2) is 0 Å². The lowest BCUT2D eigenvalue weighted by atomic mass is 9.83. The number of fused-ring (bicyclic) bond motifs is 2. The summed E-state index contributed by atoms with van der Waals surface area (Å²) in [6.45, 7) is 1.68. The highest BCUT2D eigenvalue weighted by atomic mass is 79.9. The smallest absolute Gasteiger partial charge is 0.338 e. The average molecular weight is 757 g/mol. The van der Waals surface area contributed by atoms with Gasteiger partial charge in [0.1, 0.15) is 11.8 Å². The summed E-state index contributed by atoms with van der Waals surface area (Å²) in [6, 6.07) is 20.7. The zero-order valence-corrected chi connectivity index (χ0v) is 27.8. The number of benzene rings is 3. The lowest BCUT2D eigenvalue weighted by molar-refractivity contribution is -0.122. The summed E-state index contributed by atoms with van der Waals surface area (Å²) in [5.41, 5.74) is 2.06. The molecule has 3 amide bonds. The Kier molecular flexibility index (Phi) is 8.64. The van der Waals surface area contributed by atoms with Gasteiger partial charge < -0.3 is 10.1 Å². The van der Waals surface area contributed by atoms with Gasteiger partial charge in [-0.05, 0) is 73.2 Å². The molecule has 1 N–H and O–H groups in total. The number of carbonyl (C=O) groups is 4. The Bertz CT molecular complexity index is 1860. The number of anilines is 2. The molecule has 224 valence electrons. The minimum absolute atomic E-state index is 0.251. The monoisotopic (exact) mass is 755 g/mol. The van der Waals surface area contributed by atoms with E-state index in [0.29, 0.717) is 26.8 Å². The third-order valence-corrected chi connectivity index (χ3v) is 10.9. The van der Waals surface area contributed by atoms with Crippen LogP contribution in [0.15, 0.2) is 91.6 Å². The summed E-state index contributed by atoms with van der Waals surface area (Å²) >= 11 is 9.06. The van der Waals surface area contributed by atoms with Crippen molar-refractivity contribution in [3.8, 4) is 0 Å². The highest BCUT2D eigenvalue weighted by molar-refractivity contribution is 9.10. The Balaban J connectivity index is 1.33. The second-order valence-corrected chi connectivity index (χ2v) is 14.0. The number of hydrogen-bond donors (Lipinski definition) is 1. The molecule has 1 fully saturated rings. The van der Waals surface area contributed by atoms with Crippen LogP contribution in [0.5, 0.6) is 0 Å². The minimum Gasteiger partial charge on any atom is -0.462 e. The summed E-state index contributed by atoms with van der Waals surface area (Å²) in [4.78, 5) is 67.8. The number of thiazole rings is 1. The van der Waals surface area contributed by atoms with Crippen LogP contribution >= 0.6 is 55.0 Å². The van der Waals surface area contributed by atoms with E-state index in [2.05, 4.69) is 37.2 Å². The van der Waals surface area contributed by atoms with Gasteiger partial charge in [-0.1, -0.05) is 67.1 Å². The first kappa shape index (κ1) is 30.5. The van der Waals surface area contributed by atoms with Crippen molar-refractivity contribution in [2.75, 3.05) is 16.8 Å². The molecule has 44 heavy (non-hydrogen) atoms. The van der Waals surface area contributed by atoms with Crippen LogP contribution in [-0.2, 0) is 25.7 Å². The number of nitrogens with one attached hydrogen (secondary N) is 1. The van der Waals surface area contributed by atoms with Gasteiger partial charge in [0.25, 0.3) is 0 Å². The van der Waals surface area contributed by atoms with Crippen LogP contribution in [0.4, 0.5) is 11.4 Å². The van der Waals surface area contributed by atoms with Gasteiger partial charge in [-0.25, -0.2) is 9.69 Å². The van der Waals surface area contributed by atoms with Gasteiger partial charge in [0.2, 0.25) is 17.7 Å². The van der Waals surface area contributed by atoms with E-state index in [-0.39, 0.29) is 29.8 Å². The largest absolute Gasteiger partial charge is 0.462 e. The number of aromatic nitrogens is 1. The molecule has 2 aliphatic heterocycles. The second kappa shape index (κ2) is 12.5. The molecule has 0 radical (unpaired) electrons. The van der Waals surface area contributed by atoms with E-state index in [1.165, 1.54) is 9.47 Å². The number of carbonyl (C=O) groups excluding carboxylic acids is 4. The number of ether oxygens (including phenoxy) is 1. The van der Waals surface area contributed by atoms with E-state index in [1.807, 2.05) is 24.3 Å². The first-order chi connectivity index (χ1) is 21.2. The third kappa shape index (κ3) is 5.69. The highest BCUT2D eigenvalue weighted by Crippen LogP contribution is 2.54. The van der Waals surface area contributed by atoms with E-state index in [0.717, 1.165) is 37.6 Å². The zero-order chi connectivity index (χ0) is 31.1. The molecule has 0 saturated carbocycles. The predicted octanol–water partition coefficient (Wildman–Crippen LogP) is 6.05. The van der Waals surface area contributed by atoms with Crippen molar-refractivity contribution in [1.29, 1.82) is 0 Å². The van der Waals surface area contributed by atoms with Gasteiger partial charge in [-0.2, -0.15) is 0 Å². The number of nitrogens with zero attached hydrogens (tertiary/aromatic N) is 2. The summed E-state index contributed by atoms with van der Waals surface area (Å²) in [6.07, 6.45) is 0. The Labute approximate surface area is 276 Å². The molecule has 3 heterocycles. The summed E-state index contributed by atoms with van der Waals surface area (Å²) in [5, 5.41) is 2.47. The molecule has 2 aliphatic rings. The zero-order valence-electron chi connectivity index (χ0n) is 23.0. The molecule has 0 unspecified atom stereocenters. The first-order valence-corrected chi connectivity index (χ1v) is 16.8. The number of amides is 3. The minimum atomic E-state index is -0.790. The molecule has 9 nitrogen and oxygen atoms in total. The number of rotatable bonds is 7. The lowest BCUT2D eigenvalue weighted by Crippen LogP contribution is -2.33. The lowest BCUT2D eigenvalue weighted by Gasteiger charge is -2.30. The molecule has 1 aromatic heterocycles. The van der Waals surface area contributed by atoms with E-state index in [9.17, 15) is 24.0 Å². The van der Waals surface area contributed by atoms with Crippen LogP contribution in [-0.4, -0.2) is 40.1 Å². The fourth-order valence-corrected chi connectivity index (χ4v) is 8.86. The molecule has 6 rings (SSSR count).